The van der Waals surface area contributed by atoms with E-state index in [1.54, 1.807) is 11.3 Å². The van der Waals surface area contributed by atoms with Crippen molar-refractivity contribution in [3.8, 4) is 0 Å². The normalized spacial score (nSPS) is 24.6. The summed E-state index contributed by atoms with van der Waals surface area (Å²) < 4.78 is 0. The van der Waals surface area contributed by atoms with Crippen molar-refractivity contribution in [3.05, 3.63) is 11.1 Å². The molecule has 86 valence electrons. The zero-order valence-corrected chi connectivity index (χ0v) is 9.96. The van der Waals surface area contributed by atoms with Crippen LogP contribution in [0.3, 0.4) is 0 Å². The first-order chi connectivity index (χ1) is 7.74. The molecule has 0 aliphatic carbocycles. The van der Waals surface area contributed by atoms with Crippen molar-refractivity contribution >= 4 is 22.5 Å². The number of piperazine rings is 1. The number of hydrogen-bond acceptors (Lipinski definition) is 4. The highest BCUT2D eigenvalue weighted by Crippen LogP contribution is 2.25. The summed E-state index contributed by atoms with van der Waals surface area (Å²) in [5, 5.41) is 3.96. The van der Waals surface area contributed by atoms with E-state index in [0.29, 0.717) is 6.04 Å². The fourth-order valence-electron chi connectivity index (χ4n) is 2.27. The van der Waals surface area contributed by atoms with Gasteiger partial charge in [0.25, 0.3) is 0 Å². The van der Waals surface area contributed by atoms with Crippen molar-refractivity contribution in [2.75, 3.05) is 31.1 Å². The highest BCUT2D eigenvalue weighted by molar-refractivity contribution is 7.15. The highest BCUT2D eigenvalue weighted by Gasteiger charge is 2.35. The molecule has 3 heterocycles. The Morgan fingerprint density at radius 2 is 2.44 bits per heavy atom. The predicted octanol–water partition coefficient (Wildman–Crippen LogP) is 0.665. The number of carbonyl (C=O) groups excluding carboxylic acids is 1. The van der Waals surface area contributed by atoms with Crippen LogP contribution < -0.4 is 10.2 Å². The molecule has 0 radical (unpaired) electrons. The third kappa shape index (κ3) is 1.53. The Morgan fingerprint density at radius 3 is 3.19 bits per heavy atom. The van der Waals surface area contributed by atoms with E-state index in [0.717, 1.165) is 31.3 Å². The molecule has 1 atom stereocenters. The SMILES string of the molecule is Cc1cnc(N2CCN3C(=O)NCC3C2)s1. The molecule has 2 fully saturated rings. The van der Waals surface area contributed by atoms with Crippen LogP contribution >= 0.6 is 11.3 Å². The van der Waals surface area contributed by atoms with Gasteiger partial charge in [-0.3, -0.25) is 0 Å². The second-order valence-corrected chi connectivity index (χ2v) is 5.45. The Balaban J connectivity index is 1.75. The van der Waals surface area contributed by atoms with Gasteiger partial charge < -0.3 is 15.1 Å². The minimum Gasteiger partial charge on any atom is -0.344 e. The molecular formula is C10H14N4OS. The first-order valence-corrected chi connectivity index (χ1v) is 6.27. The zero-order chi connectivity index (χ0) is 11.1. The lowest BCUT2D eigenvalue weighted by atomic mass is 10.2. The number of rotatable bonds is 1. The number of aromatic nitrogens is 1. The van der Waals surface area contributed by atoms with Gasteiger partial charge in [0.05, 0.1) is 6.04 Å². The Labute approximate surface area is 98.1 Å². The molecule has 1 aromatic heterocycles. The van der Waals surface area contributed by atoms with E-state index in [1.165, 1.54) is 4.88 Å². The van der Waals surface area contributed by atoms with Gasteiger partial charge >= 0.3 is 6.03 Å². The minimum atomic E-state index is 0.0833. The average molecular weight is 238 g/mol. The summed E-state index contributed by atoms with van der Waals surface area (Å²) in [6.45, 7) is 5.41. The van der Waals surface area contributed by atoms with Gasteiger partial charge in [-0.1, -0.05) is 0 Å². The van der Waals surface area contributed by atoms with Gasteiger partial charge in [-0.05, 0) is 6.92 Å². The summed E-state index contributed by atoms with van der Waals surface area (Å²) in [7, 11) is 0. The summed E-state index contributed by atoms with van der Waals surface area (Å²) in [4.78, 5) is 21.3. The zero-order valence-electron chi connectivity index (χ0n) is 9.14. The molecule has 5 nitrogen and oxygen atoms in total. The van der Waals surface area contributed by atoms with Crippen LogP contribution in [0, 0.1) is 6.92 Å². The monoisotopic (exact) mass is 238 g/mol. The number of anilines is 1. The van der Waals surface area contributed by atoms with E-state index in [2.05, 4.69) is 22.1 Å². The number of thiazole rings is 1. The molecule has 1 N–H and O–H groups in total. The standard InChI is InChI=1S/C10H14N4OS/c1-7-4-12-10(16-7)13-2-3-14-8(6-13)5-11-9(14)15/h4,8H,2-3,5-6H2,1H3,(H,11,15). The molecule has 6 heteroatoms. The molecule has 0 spiro atoms. The van der Waals surface area contributed by atoms with Gasteiger partial charge in [0, 0.05) is 37.3 Å². The quantitative estimate of drug-likeness (QED) is 0.782. The van der Waals surface area contributed by atoms with E-state index < -0.39 is 0 Å². The van der Waals surface area contributed by atoms with Crippen molar-refractivity contribution in [1.82, 2.24) is 15.2 Å². The molecule has 3 rings (SSSR count). The van der Waals surface area contributed by atoms with Crippen LogP contribution in [0.5, 0.6) is 0 Å². The lowest BCUT2D eigenvalue weighted by molar-refractivity contribution is 0.197. The van der Waals surface area contributed by atoms with Crippen molar-refractivity contribution in [2.45, 2.75) is 13.0 Å². The number of hydrogen-bond donors (Lipinski definition) is 1. The van der Waals surface area contributed by atoms with Crippen LogP contribution in [-0.4, -0.2) is 48.1 Å². The lowest BCUT2D eigenvalue weighted by Gasteiger charge is -2.36. The van der Waals surface area contributed by atoms with Crippen LogP contribution in [0.1, 0.15) is 4.88 Å². The van der Waals surface area contributed by atoms with Gasteiger partial charge in [-0.15, -0.1) is 11.3 Å². The van der Waals surface area contributed by atoms with Gasteiger partial charge in [0.1, 0.15) is 0 Å². The maximum absolute atomic E-state index is 11.4. The van der Waals surface area contributed by atoms with Crippen LogP contribution in [0.4, 0.5) is 9.93 Å². The Kier molecular flexibility index (Phi) is 2.24. The van der Waals surface area contributed by atoms with Crippen molar-refractivity contribution in [3.63, 3.8) is 0 Å². The van der Waals surface area contributed by atoms with Crippen molar-refractivity contribution in [1.29, 1.82) is 0 Å². The van der Waals surface area contributed by atoms with Gasteiger partial charge in [-0.2, -0.15) is 0 Å². The van der Waals surface area contributed by atoms with Crippen LogP contribution in [0.25, 0.3) is 0 Å². The number of urea groups is 1. The number of carbonyl (C=O) groups is 1. The molecule has 2 saturated heterocycles. The summed E-state index contributed by atoms with van der Waals surface area (Å²) >= 11 is 1.72. The smallest absolute Gasteiger partial charge is 0.317 e. The van der Waals surface area contributed by atoms with Gasteiger partial charge in [0.15, 0.2) is 5.13 Å². The summed E-state index contributed by atoms with van der Waals surface area (Å²) in [6, 6.07) is 0.394. The third-order valence-electron chi connectivity index (χ3n) is 3.11. The topological polar surface area (TPSA) is 48.5 Å². The van der Waals surface area contributed by atoms with Gasteiger partial charge in [0.2, 0.25) is 0 Å². The molecule has 16 heavy (non-hydrogen) atoms. The Bertz CT molecular complexity index is 419. The summed E-state index contributed by atoms with van der Waals surface area (Å²) in [6.07, 6.45) is 1.91. The van der Waals surface area contributed by atoms with Crippen LogP contribution in [0.15, 0.2) is 6.20 Å². The van der Waals surface area contributed by atoms with Crippen molar-refractivity contribution < 1.29 is 4.79 Å². The molecule has 1 aromatic rings. The Hall–Kier alpha value is -1.30. The van der Waals surface area contributed by atoms with Crippen LogP contribution in [0.2, 0.25) is 0 Å². The van der Waals surface area contributed by atoms with E-state index in [4.69, 9.17) is 0 Å². The third-order valence-corrected chi connectivity index (χ3v) is 4.09. The first kappa shape index (κ1) is 9.89. The molecular weight excluding hydrogens is 224 g/mol. The lowest BCUT2D eigenvalue weighted by Crippen LogP contribution is -2.52. The molecule has 2 aliphatic heterocycles. The Morgan fingerprint density at radius 1 is 1.56 bits per heavy atom. The maximum atomic E-state index is 11.4. The minimum absolute atomic E-state index is 0.0833. The largest absolute Gasteiger partial charge is 0.344 e. The summed E-state index contributed by atoms with van der Waals surface area (Å²) in [5.74, 6) is 0. The fourth-order valence-corrected chi connectivity index (χ4v) is 3.06. The molecule has 0 aromatic carbocycles. The molecule has 2 aliphatic rings. The van der Waals surface area contributed by atoms with E-state index in [9.17, 15) is 4.79 Å². The number of aryl methyl sites for hydroxylation is 1. The molecule has 0 bridgehead atoms. The van der Waals surface area contributed by atoms with Crippen molar-refractivity contribution in [2.24, 2.45) is 0 Å². The molecule has 1 unspecified atom stereocenters. The molecule has 2 amide bonds. The van der Waals surface area contributed by atoms with E-state index in [-0.39, 0.29) is 6.03 Å². The highest BCUT2D eigenvalue weighted by atomic mass is 32.1. The second kappa shape index (κ2) is 3.62. The molecule has 0 saturated carbocycles. The maximum Gasteiger partial charge on any atom is 0.317 e. The number of amides is 2. The number of nitrogens with one attached hydrogen (secondary N) is 1. The number of fused-ring (bicyclic) bond motifs is 1. The second-order valence-electron chi connectivity index (χ2n) is 4.23. The fraction of sp³-hybridized carbons (Fsp3) is 0.600. The average Bonchev–Trinajstić information content (AvgIpc) is 2.86. The van der Waals surface area contributed by atoms with E-state index in [1.807, 2.05) is 11.1 Å². The van der Waals surface area contributed by atoms with Crippen LogP contribution in [-0.2, 0) is 0 Å². The summed E-state index contributed by atoms with van der Waals surface area (Å²) in [5.41, 5.74) is 0. The van der Waals surface area contributed by atoms with E-state index >= 15 is 0 Å². The first-order valence-electron chi connectivity index (χ1n) is 5.46. The number of nitrogens with zero attached hydrogens (tertiary/aromatic N) is 3. The predicted molar refractivity (Wildman–Crippen MR) is 63.0 cm³/mol. The van der Waals surface area contributed by atoms with Gasteiger partial charge in [-0.25, -0.2) is 9.78 Å².